The summed E-state index contributed by atoms with van der Waals surface area (Å²) in [7, 11) is 1.63. The molecule has 0 amide bonds. The summed E-state index contributed by atoms with van der Waals surface area (Å²) in [5.74, 6) is 0.802. The number of hydrogen-bond acceptors (Lipinski definition) is 5. The minimum absolute atomic E-state index is 0.459. The van der Waals surface area contributed by atoms with Crippen molar-refractivity contribution in [3.63, 3.8) is 0 Å². The van der Waals surface area contributed by atoms with E-state index in [4.69, 9.17) is 10.5 Å². The van der Waals surface area contributed by atoms with Crippen molar-refractivity contribution in [1.82, 2.24) is 4.98 Å². The highest BCUT2D eigenvalue weighted by Crippen LogP contribution is 2.30. The third kappa shape index (κ3) is 2.16. The summed E-state index contributed by atoms with van der Waals surface area (Å²) in [6.45, 7) is 0.459. The molecular formula is C11H14N2O2S. The first kappa shape index (κ1) is 11.3. The van der Waals surface area contributed by atoms with Crippen LogP contribution in [0.25, 0.3) is 10.2 Å². The highest BCUT2D eigenvalue weighted by Gasteiger charge is 2.12. The summed E-state index contributed by atoms with van der Waals surface area (Å²) < 4.78 is 6.15. The Balaban J connectivity index is 2.35. The molecule has 1 unspecified atom stereocenters. The molecule has 1 aromatic heterocycles. The highest BCUT2D eigenvalue weighted by molar-refractivity contribution is 7.18. The number of thiazole rings is 1. The molecule has 1 heterocycles. The van der Waals surface area contributed by atoms with Crippen LogP contribution in [0.5, 0.6) is 5.75 Å². The molecule has 0 aliphatic rings. The van der Waals surface area contributed by atoms with Gasteiger partial charge in [-0.1, -0.05) is 0 Å². The molecule has 1 aromatic carbocycles. The fourth-order valence-electron chi connectivity index (χ4n) is 1.47. The standard InChI is InChI=1S/C11H14N2O2S/c1-15-7-2-3-8-10(6-7)16-11(13-8)9(14)4-5-12/h2-3,6,9,14H,4-5,12H2,1H3. The number of nitrogens with zero attached hydrogens (tertiary/aromatic N) is 1. The monoisotopic (exact) mass is 238 g/mol. The molecule has 16 heavy (non-hydrogen) atoms. The molecule has 3 N–H and O–H groups in total. The lowest BCUT2D eigenvalue weighted by Crippen LogP contribution is -2.06. The fourth-order valence-corrected chi connectivity index (χ4v) is 2.49. The predicted molar refractivity (Wildman–Crippen MR) is 64.8 cm³/mol. The van der Waals surface area contributed by atoms with Crippen LogP contribution in [0.1, 0.15) is 17.5 Å². The number of benzene rings is 1. The van der Waals surface area contributed by atoms with Gasteiger partial charge in [-0.2, -0.15) is 0 Å². The Bertz CT molecular complexity index is 484. The van der Waals surface area contributed by atoms with Crippen LogP contribution in [0.15, 0.2) is 18.2 Å². The van der Waals surface area contributed by atoms with Gasteiger partial charge in [0, 0.05) is 0 Å². The lowest BCUT2D eigenvalue weighted by Gasteiger charge is -2.03. The Hall–Kier alpha value is -1.17. The van der Waals surface area contributed by atoms with Crippen molar-refractivity contribution in [1.29, 1.82) is 0 Å². The Morgan fingerprint density at radius 2 is 2.38 bits per heavy atom. The Morgan fingerprint density at radius 1 is 1.56 bits per heavy atom. The maximum Gasteiger partial charge on any atom is 0.123 e. The summed E-state index contributed by atoms with van der Waals surface area (Å²) in [5.41, 5.74) is 6.29. The topological polar surface area (TPSA) is 68.4 Å². The second-order valence-electron chi connectivity index (χ2n) is 3.48. The van der Waals surface area contributed by atoms with E-state index in [1.54, 1.807) is 7.11 Å². The van der Waals surface area contributed by atoms with Crippen molar-refractivity contribution in [2.24, 2.45) is 5.73 Å². The summed E-state index contributed by atoms with van der Waals surface area (Å²) in [6.07, 6.45) is -0.0230. The van der Waals surface area contributed by atoms with Crippen LogP contribution in [-0.2, 0) is 0 Å². The molecule has 0 aliphatic heterocycles. The van der Waals surface area contributed by atoms with Crippen LogP contribution in [0.2, 0.25) is 0 Å². The lowest BCUT2D eigenvalue weighted by atomic mass is 10.2. The molecule has 1 atom stereocenters. The van der Waals surface area contributed by atoms with Gasteiger partial charge in [0.05, 0.1) is 17.3 Å². The Morgan fingerprint density at radius 3 is 3.06 bits per heavy atom. The molecule has 0 aliphatic carbocycles. The van der Waals surface area contributed by atoms with Crippen molar-refractivity contribution < 1.29 is 9.84 Å². The maximum absolute atomic E-state index is 9.78. The number of nitrogens with two attached hydrogens (primary N) is 1. The van der Waals surface area contributed by atoms with Crippen molar-refractivity contribution >= 4 is 21.6 Å². The van der Waals surface area contributed by atoms with Gasteiger partial charge in [0.1, 0.15) is 16.9 Å². The molecule has 4 nitrogen and oxygen atoms in total. The SMILES string of the molecule is COc1ccc2nc(C(O)CCN)sc2c1. The summed E-state index contributed by atoms with van der Waals surface area (Å²) in [5, 5.41) is 10.5. The van der Waals surface area contributed by atoms with Crippen molar-refractivity contribution in [3.8, 4) is 5.75 Å². The first-order valence-corrected chi connectivity index (χ1v) is 5.89. The normalized spacial score (nSPS) is 12.9. The van der Waals surface area contributed by atoms with Gasteiger partial charge in [0.25, 0.3) is 0 Å². The lowest BCUT2D eigenvalue weighted by molar-refractivity contribution is 0.170. The minimum atomic E-state index is -0.562. The number of hydrogen-bond donors (Lipinski definition) is 2. The van der Waals surface area contributed by atoms with Crippen LogP contribution in [0, 0.1) is 0 Å². The summed E-state index contributed by atoms with van der Waals surface area (Å²) in [4.78, 5) is 4.36. The number of aromatic nitrogens is 1. The van der Waals surface area contributed by atoms with Crippen LogP contribution in [0.3, 0.4) is 0 Å². The van der Waals surface area contributed by atoms with Crippen molar-refractivity contribution in [3.05, 3.63) is 23.2 Å². The molecular weight excluding hydrogens is 224 g/mol. The van der Waals surface area contributed by atoms with Gasteiger partial charge < -0.3 is 15.6 Å². The quantitative estimate of drug-likeness (QED) is 0.850. The van der Waals surface area contributed by atoms with E-state index < -0.39 is 6.10 Å². The highest BCUT2D eigenvalue weighted by atomic mass is 32.1. The number of aliphatic hydroxyl groups excluding tert-OH is 1. The van der Waals surface area contributed by atoms with Crippen LogP contribution in [-0.4, -0.2) is 23.7 Å². The average Bonchev–Trinajstić information content (AvgIpc) is 2.71. The number of fused-ring (bicyclic) bond motifs is 1. The van der Waals surface area contributed by atoms with Crippen LogP contribution < -0.4 is 10.5 Å². The van der Waals surface area contributed by atoms with E-state index >= 15 is 0 Å². The zero-order valence-corrected chi connectivity index (χ0v) is 9.83. The van der Waals surface area contributed by atoms with Crippen LogP contribution in [0.4, 0.5) is 0 Å². The number of methoxy groups -OCH3 is 1. The van der Waals surface area contributed by atoms with Gasteiger partial charge in [-0.15, -0.1) is 11.3 Å². The molecule has 0 saturated carbocycles. The van der Waals surface area contributed by atoms with Gasteiger partial charge in [0.15, 0.2) is 0 Å². The van der Waals surface area contributed by atoms with Gasteiger partial charge >= 0.3 is 0 Å². The molecule has 86 valence electrons. The molecule has 0 fully saturated rings. The maximum atomic E-state index is 9.78. The molecule has 0 spiro atoms. The molecule has 2 rings (SSSR count). The zero-order chi connectivity index (χ0) is 11.5. The first-order chi connectivity index (χ1) is 7.74. The zero-order valence-electron chi connectivity index (χ0n) is 9.01. The van der Waals surface area contributed by atoms with Crippen molar-refractivity contribution in [2.75, 3.05) is 13.7 Å². The first-order valence-electron chi connectivity index (χ1n) is 5.07. The Labute approximate surface area is 97.7 Å². The van der Waals surface area contributed by atoms with E-state index in [-0.39, 0.29) is 0 Å². The number of ether oxygens (including phenoxy) is 1. The molecule has 5 heteroatoms. The van der Waals surface area contributed by atoms with Crippen LogP contribution >= 0.6 is 11.3 Å². The second kappa shape index (κ2) is 4.78. The molecule has 2 aromatic rings. The predicted octanol–water partition coefficient (Wildman–Crippen LogP) is 1.69. The smallest absolute Gasteiger partial charge is 0.123 e. The second-order valence-corrected chi connectivity index (χ2v) is 4.54. The van der Waals surface area contributed by atoms with Gasteiger partial charge in [-0.3, -0.25) is 0 Å². The average molecular weight is 238 g/mol. The fraction of sp³-hybridized carbons (Fsp3) is 0.364. The minimum Gasteiger partial charge on any atom is -0.497 e. The van der Waals surface area contributed by atoms with E-state index in [0.717, 1.165) is 16.0 Å². The number of rotatable bonds is 4. The van der Waals surface area contributed by atoms with E-state index in [2.05, 4.69) is 4.98 Å². The molecule has 0 saturated heterocycles. The van der Waals surface area contributed by atoms with Gasteiger partial charge in [0.2, 0.25) is 0 Å². The van der Waals surface area contributed by atoms with Gasteiger partial charge in [-0.05, 0) is 31.2 Å². The largest absolute Gasteiger partial charge is 0.497 e. The summed E-state index contributed by atoms with van der Waals surface area (Å²) in [6, 6.07) is 5.68. The third-order valence-electron chi connectivity index (χ3n) is 2.34. The summed E-state index contributed by atoms with van der Waals surface area (Å²) >= 11 is 1.48. The third-order valence-corrected chi connectivity index (χ3v) is 3.46. The van der Waals surface area contributed by atoms with E-state index in [1.165, 1.54) is 11.3 Å². The van der Waals surface area contributed by atoms with E-state index in [1.807, 2.05) is 18.2 Å². The molecule has 0 bridgehead atoms. The van der Waals surface area contributed by atoms with Gasteiger partial charge in [-0.25, -0.2) is 4.98 Å². The van der Waals surface area contributed by atoms with Crippen molar-refractivity contribution in [2.45, 2.75) is 12.5 Å². The number of aliphatic hydroxyl groups is 1. The Kier molecular flexibility index (Phi) is 3.38. The van der Waals surface area contributed by atoms with E-state index in [9.17, 15) is 5.11 Å². The van der Waals surface area contributed by atoms with E-state index in [0.29, 0.717) is 18.0 Å². The molecule has 0 radical (unpaired) electrons.